The van der Waals surface area contributed by atoms with Crippen molar-refractivity contribution in [2.75, 3.05) is 0 Å². The van der Waals surface area contributed by atoms with Gasteiger partial charge >= 0.3 is 0 Å². The Morgan fingerprint density at radius 1 is 1.35 bits per heavy atom. The van der Waals surface area contributed by atoms with Crippen LogP contribution in [0.5, 0.6) is 5.06 Å². The first kappa shape index (κ1) is 16.7. The third-order valence-electron chi connectivity index (χ3n) is 2.94. The van der Waals surface area contributed by atoms with Crippen molar-refractivity contribution in [2.24, 2.45) is 0 Å². The standard InChI is InChI=1S/C18H18N2O2S/c1-4-6-15(5-2)22-17-10-9-16(23-17)12-20-18(21)14-8-7-13(3)19-11-14/h4-11H,1-2,12H2,3H3,(H,20,21)/b15-6+. The highest BCUT2D eigenvalue weighted by Gasteiger charge is 2.07. The molecule has 0 aliphatic rings. The quantitative estimate of drug-likeness (QED) is 0.618. The summed E-state index contributed by atoms with van der Waals surface area (Å²) in [5, 5.41) is 3.60. The average Bonchev–Trinajstić information content (AvgIpc) is 3.00. The number of amides is 1. The van der Waals surface area contributed by atoms with Crippen molar-refractivity contribution in [3.05, 3.63) is 83.7 Å². The maximum atomic E-state index is 12.0. The molecule has 2 rings (SSSR count). The van der Waals surface area contributed by atoms with Gasteiger partial charge in [0.2, 0.25) is 0 Å². The van der Waals surface area contributed by atoms with E-state index in [0.29, 0.717) is 17.9 Å². The fourth-order valence-corrected chi connectivity index (χ4v) is 2.57. The summed E-state index contributed by atoms with van der Waals surface area (Å²) in [4.78, 5) is 17.1. The van der Waals surface area contributed by atoms with Crippen LogP contribution in [-0.4, -0.2) is 10.9 Å². The first-order valence-electron chi connectivity index (χ1n) is 7.05. The number of pyridine rings is 1. The summed E-state index contributed by atoms with van der Waals surface area (Å²) >= 11 is 1.47. The summed E-state index contributed by atoms with van der Waals surface area (Å²) < 4.78 is 5.66. The number of nitrogens with one attached hydrogen (secondary N) is 1. The number of ether oxygens (including phenoxy) is 1. The topological polar surface area (TPSA) is 51.2 Å². The number of carbonyl (C=O) groups excluding carboxylic acids is 1. The minimum absolute atomic E-state index is 0.147. The third kappa shape index (κ3) is 4.93. The Labute approximate surface area is 139 Å². The number of rotatable bonds is 7. The molecule has 0 bridgehead atoms. The van der Waals surface area contributed by atoms with E-state index in [1.807, 2.05) is 25.1 Å². The molecule has 5 heteroatoms. The van der Waals surface area contributed by atoms with Gasteiger partial charge in [0, 0.05) is 16.8 Å². The lowest BCUT2D eigenvalue weighted by Gasteiger charge is -2.04. The van der Waals surface area contributed by atoms with Gasteiger partial charge in [-0.3, -0.25) is 9.78 Å². The molecular weight excluding hydrogens is 308 g/mol. The van der Waals surface area contributed by atoms with Crippen molar-refractivity contribution in [3.8, 4) is 5.06 Å². The summed E-state index contributed by atoms with van der Waals surface area (Å²) in [5.74, 6) is 0.481. The third-order valence-corrected chi connectivity index (χ3v) is 3.90. The van der Waals surface area contributed by atoms with E-state index in [2.05, 4.69) is 23.5 Å². The van der Waals surface area contributed by atoms with E-state index in [0.717, 1.165) is 15.6 Å². The van der Waals surface area contributed by atoms with Crippen molar-refractivity contribution >= 4 is 17.2 Å². The van der Waals surface area contributed by atoms with E-state index >= 15 is 0 Å². The van der Waals surface area contributed by atoms with Gasteiger partial charge in [-0.1, -0.05) is 19.2 Å². The summed E-state index contributed by atoms with van der Waals surface area (Å²) in [6.45, 7) is 9.63. The predicted octanol–water partition coefficient (Wildman–Crippen LogP) is 4.02. The molecule has 4 nitrogen and oxygen atoms in total. The van der Waals surface area contributed by atoms with E-state index in [1.54, 1.807) is 30.5 Å². The predicted molar refractivity (Wildman–Crippen MR) is 93.6 cm³/mol. The van der Waals surface area contributed by atoms with Crippen LogP contribution in [0.4, 0.5) is 0 Å². The van der Waals surface area contributed by atoms with Gasteiger partial charge in [-0.15, -0.1) is 11.3 Å². The first-order chi connectivity index (χ1) is 11.1. The van der Waals surface area contributed by atoms with Gasteiger partial charge in [0.15, 0.2) is 5.06 Å². The van der Waals surface area contributed by atoms with Gasteiger partial charge in [-0.2, -0.15) is 0 Å². The lowest BCUT2D eigenvalue weighted by atomic mass is 10.2. The monoisotopic (exact) mass is 326 g/mol. The number of hydrogen-bond acceptors (Lipinski definition) is 4. The van der Waals surface area contributed by atoms with Crippen LogP contribution in [0.15, 0.2) is 67.6 Å². The maximum absolute atomic E-state index is 12.0. The van der Waals surface area contributed by atoms with Crippen molar-refractivity contribution in [2.45, 2.75) is 13.5 Å². The molecule has 118 valence electrons. The SMILES string of the molecule is C=C/C=C(\C=C)Oc1ccc(CNC(=O)c2ccc(C)nc2)s1. The number of allylic oxidation sites excluding steroid dienone is 3. The van der Waals surface area contributed by atoms with Crippen molar-refractivity contribution in [1.82, 2.24) is 10.3 Å². The van der Waals surface area contributed by atoms with E-state index in [-0.39, 0.29) is 5.91 Å². The molecule has 2 aromatic heterocycles. The minimum atomic E-state index is -0.147. The zero-order valence-electron chi connectivity index (χ0n) is 12.9. The molecule has 0 atom stereocenters. The van der Waals surface area contributed by atoms with Crippen molar-refractivity contribution < 1.29 is 9.53 Å². The smallest absolute Gasteiger partial charge is 0.253 e. The molecule has 0 saturated carbocycles. The number of aryl methyl sites for hydroxylation is 1. The van der Waals surface area contributed by atoms with Gasteiger partial charge in [0.25, 0.3) is 5.91 Å². The second-order valence-corrected chi connectivity index (χ2v) is 5.83. The van der Waals surface area contributed by atoms with Crippen LogP contribution in [0.1, 0.15) is 20.9 Å². The lowest BCUT2D eigenvalue weighted by Crippen LogP contribution is -2.22. The van der Waals surface area contributed by atoms with Crippen molar-refractivity contribution in [3.63, 3.8) is 0 Å². The average molecular weight is 326 g/mol. The molecule has 0 unspecified atom stereocenters. The summed E-state index contributed by atoms with van der Waals surface area (Å²) in [7, 11) is 0. The fraction of sp³-hybridized carbons (Fsp3) is 0.111. The molecular formula is C18H18N2O2S. The Kier molecular flexibility index (Phi) is 5.88. The molecule has 23 heavy (non-hydrogen) atoms. The second kappa shape index (κ2) is 8.10. The Balaban J connectivity index is 1.93. The normalized spacial score (nSPS) is 10.9. The van der Waals surface area contributed by atoms with E-state index < -0.39 is 0 Å². The van der Waals surface area contributed by atoms with Crippen molar-refractivity contribution in [1.29, 1.82) is 0 Å². The second-order valence-electron chi connectivity index (χ2n) is 4.70. The molecule has 1 N–H and O–H groups in total. The number of carbonyl (C=O) groups is 1. The molecule has 0 saturated heterocycles. The molecule has 1 amide bonds. The van der Waals surface area contributed by atoms with Crippen LogP contribution < -0.4 is 10.1 Å². The molecule has 0 spiro atoms. The van der Waals surface area contributed by atoms with Crippen LogP contribution >= 0.6 is 11.3 Å². The fourth-order valence-electron chi connectivity index (χ4n) is 1.76. The Morgan fingerprint density at radius 3 is 2.83 bits per heavy atom. The van der Waals surface area contributed by atoms with Crippen LogP contribution in [0, 0.1) is 6.92 Å². The largest absolute Gasteiger partial charge is 0.447 e. The molecule has 0 aliphatic heterocycles. The van der Waals surface area contributed by atoms with Gasteiger partial charge in [-0.05, 0) is 43.3 Å². The number of nitrogens with zero attached hydrogens (tertiary/aromatic N) is 1. The summed E-state index contributed by atoms with van der Waals surface area (Å²) in [6, 6.07) is 7.36. The highest BCUT2D eigenvalue weighted by molar-refractivity contribution is 7.13. The van der Waals surface area contributed by atoms with E-state index in [9.17, 15) is 4.79 Å². The zero-order valence-corrected chi connectivity index (χ0v) is 13.7. The van der Waals surface area contributed by atoms with Crippen LogP contribution in [0.3, 0.4) is 0 Å². The first-order valence-corrected chi connectivity index (χ1v) is 7.86. The van der Waals surface area contributed by atoms with E-state index in [4.69, 9.17) is 4.74 Å². The highest BCUT2D eigenvalue weighted by Crippen LogP contribution is 2.26. The number of hydrogen-bond donors (Lipinski definition) is 1. The Hall–Kier alpha value is -2.66. The lowest BCUT2D eigenvalue weighted by molar-refractivity contribution is 0.0951. The molecule has 0 fully saturated rings. The minimum Gasteiger partial charge on any atom is -0.447 e. The van der Waals surface area contributed by atoms with Crippen LogP contribution in [0.25, 0.3) is 0 Å². The van der Waals surface area contributed by atoms with Crippen LogP contribution in [0.2, 0.25) is 0 Å². The van der Waals surface area contributed by atoms with Crippen LogP contribution in [-0.2, 0) is 6.54 Å². The van der Waals surface area contributed by atoms with Gasteiger partial charge in [0.05, 0.1) is 12.1 Å². The summed E-state index contributed by atoms with van der Waals surface area (Å²) in [5.41, 5.74) is 1.43. The number of thiophene rings is 1. The molecule has 2 heterocycles. The van der Waals surface area contributed by atoms with Gasteiger partial charge in [0.1, 0.15) is 5.76 Å². The molecule has 0 radical (unpaired) electrons. The zero-order chi connectivity index (χ0) is 16.7. The Bertz CT molecular complexity index is 730. The van der Waals surface area contributed by atoms with Gasteiger partial charge in [-0.25, -0.2) is 0 Å². The summed E-state index contributed by atoms with van der Waals surface area (Å²) in [6.07, 6.45) is 6.57. The van der Waals surface area contributed by atoms with E-state index in [1.165, 1.54) is 11.3 Å². The van der Waals surface area contributed by atoms with Gasteiger partial charge < -0.3 is 10.1 Å². The highest BCUT2D eigenvalue weighted by atomic mass is 32.1. The maximum Gasteiger partial charge on any atom is 0.253 e. The molecule has 0 aliphatic carbocycles. The number of aromatic nitrogens is 1. The molecule has 0 aromatic carbocycles. The Morgan fingerprint density at radius 2 is 2.17 bits per heavy atom. The molecule has 2 aromatic rings.